The minimum absolute atomic E-state index is 0.00174. The Morgan fingerprint density at radius 3 is 2.89 bits per heavy atom. The molecule has 2 atom stereocenters. The van der Waals surface area contributed by atoms with Crippen LogP contribution in [0.4, 0.5) is 0 Å². The Labute approximate surface area is 159 Å². The molecule has 1 amide bonds. The van der Waals surface area contributed by atoms with Crippen LogP contribution in [0.15, 0.2) is 24.3 Å². The van der Waals surface area contributed by atoms with Gasteiger partial charge in [-0.1, -0.05) is 18.2 Å². The summed E-state index contributed by atoms with van der Waals surface area (Å²) in [6.07, 6.45) is 2.67. The lowest BCUT2D eigenvalue weighted by Crippen LogP contribution is -2.55. The summed E-state index contributed by atoms with van der Waals surface area (Å²) in [5.74, 6) is 0.375. The fourth-order valence-electron chi connectivity index (χ4n) is 4.51. The van der Waals surface area contributed by atoms with Crippen molar-refractivity contribution < 1.29 is 14.6 Å². The maximum atomic E-state index is 13.1. The van der Waals surface area contributed by atoms with E-state index in [0.717, 1.165) is 69.6 Å². The molecule has 2 aliphatic rings. The number of benzene rings is 1. The topological polar surface area (TPSA) is 81.7 Å². The molecular weight excluding hydrogens is 344 g/mol. The lowest BCUT2D eigenvalue weighted by Gasteiger charge is -2.45. The highest BCUT2D eigenvalue weighted by Crippen LogP contribution is 2.28. The standard InChI is InChI=1S/C20H28N4O3/c25-11-3-4-15-14-24(8-7-18(15)23-9-12-27-13-10-23)20(26)19-16-5-1-2-6-17(16)21-22-19/h1-2,5-6,15,18,25H,3-4,7-14H2,(H,21,22)/t15-,18+/m1/s1. The van der Waals surface area contributed by atoms with Crippen LogP contribution in [0.5, 0.6) is 0 Å². The second-order valence-corrected chi connectivity index (χ2v) is 7.50. The van der Waals surface area contributed by atoms with Crippen molar-refractivity contribution in [1.82, 2.24) is 20.0 Å². The Balaban J connectivity index is 1.50. The first-order chi connectivity index (χ1) is 13.3. The number of amides is 1. The van der Waals surface area contributed by atoms with Gasteiger partial charge in [0.25, 0.3) is 5.91 Å². The molecule has 3 heterocycles. The van der Waals surface area contributed by atoms with Crippen molar-refractivity contribution in [1.29, 1.82) is 0 Å². The summed E-state index contributed by atoms with van der Waals surface area (Å²) in [7, 11) is 0. The Kier molecular flexibility index (Phi) is 5.71. The average molecular weight is 372 g/mol. The number of aliphatic hydroxyl groups is 1. The molecule has 0 saturated carbocycles. The van der Waals surface area contributed by atoms with Crippen LogP contribution in [0.1, 0.15) is 29.8 Å². The summed E-state index contributed by atoms with van der Waals surface area (Å²) in [4.78, 5) is 17.6. The Morgan fingerprint density at radius 2 is 2.07 bits per heavy atom. The van der Waals surface area contributed by atoms with E-state index in [0.29, 0.717) is 17.7 Å². The molecule has 2 aliphatic heterocycles. The molecule has 4 rings (SSSR count). The molecular formula is C20H28N4O3. The van der Waals surface area contributed by atoms with Crippen LogP contribution in [0.25, 0.3) is 10.9 Å². The minimum atomic E-state index is 0.00174. The molecule has 2 saturated heterocycles. The van der Waals surface area contributed by atoms with E-state index in [1.807, 2.05) is 29.2 Å². The predicted molar refractivity (Wildman–Crippen MR) is 103 cm³/mol. The van der Waals surface area contributed by atoms with Gasteiger partial charge in [0.05, 0.1) is 18.7 Å². The highest BCUT2D eigenvalue weighted by Gasteiger charge is 2.36. The van der Waals surface area contributed by atoms with E-state index in [2.05, 4.69) is 15.1 Å². The highest BCUT2D eigenvalue weighted by molar-refractivity contribution is 6.04. The summed E-state index contributed by atoms with van der Waals surface area (Å²) in [6.45, 7) is 5.15. The number of aromatic nitrogens is 2. The van der Waals surface area contributed by atoms with Gasteiger partial charge in [-0.2, -0.15) is 5.10 Å². The van der Waals surface area contributed by atoms with Gasteiger partial charge in [-0.25, -0.2) is 0 Å². The van der Waals surface area contributed by atoms with E-state index >= 15 is 0 Å². The van der Waals surface area contributed by atoms with E-state index < -0.39 is 0 Å². The van der Waals surface area contributed by atoms with Crippen LogP contribution in [0.2, 0.25) is 0 Å². The number of para-hydroxylation sites is 1. The van der Waals surface area contributed by atoms with Gasteiger partial charge in [0.15, 0.2) is 5.69 Å². The number of fused-ring (bicyclic) bond motifs is 1. The minimum Gasteiger partial charge on any atom is -0.396 e. The number of ether oxygens (including phenoxy) is 1. The molecule has 7 heteroatoms. The number of H-pyrrole nitrogens is 1. The zero-order valence-corrected chi connectivity index (χ0v) is 15.6. The number of nitrogens with one attached hydrogen (secondary N) is 1. The molecule has 0 aliphatic carbocycles. The number of likely N-dealkylation sites (tertiary alicyclic amines) is 1. The molecule has 146 valence electrons. The normalized spacial score (nSPS) is 24.4. The fraction of sp³-hybridized carbons (Fsp3) is 0.600. The zero-order valence-electron chi connectivity index (χ0n) is 15.6. The smallest absolute Gasteiger partial charge is 0.275 e. The zero-order chi connectivity index (χ0) is 18.6. The summed E-state index contributed by atoms with van der Waals surface area (Å²) in [5, 5.41) is 17.4. The Hall–Kier alpha value is -1.96. The van der Waals surface area contributed by atoms with Gasteiger partial charge in [0, 0.05) is 44.2 Å². The largest absolute Gasteiger partial charge is 0.396 e. The third kappa shape index (κ3) is 3.85. The maximum absolute atomic E-state index is 13.1. The van der Waals surface area contributed by atoms with Crippen LogP contribution >= 0.6 is 0 Å². The van der Waals surface area contributed by atoms with E-state index in [1.54, 1.807) is 0 Å². The number of piperidine rings is 1. The van der Waals surface area contributed by atoms with Gasteiger partial charge in [-0.3, -0.25) is 14.8 Å². The summed E-state index contributed by atoms with van der Waals surface area (Å²) < 4.78 is 5.50. The number of hydrogen-bond acceptors (Lipinski definition) is 5. The number of hydrogen-bond donors (Lipinski definition) is 2. The van der Waals surface area contributed by atoms with Crippen LogP contribution in [0.3, 0.4) is 0 Å². The first-order valence-corrected chi connectivity index (χ1v) is 9.93. The molecule has 2 N–H and O–H groups in total. The van der Waals surface area contributed by atoms with Crippen molar-refractivity contribution in [2.45, 2.75) is 25.3 Å². The summed E-state index contributed by atoms with van der Waals surface area (Å²) in [6, 6.07) is 8.21. The predicted octanol–water partition coefficient (Wildman–Crippen LogP) is 1.50. The van der Waals surface area contributed by atoms with E-state index in [-0.39, 0.29) is 12.5 Å². The van der Waals surface area contributed by atoms with Crippen LogP contribution in [-0.2, 0) is 4.74 Å². The van der Waals surface area contributed by atoms with Crippen molar-refractivity contribution >= 4 is 16.8 Å². The number of aromatic amines is 1. The fourth-order valence-corrected chi connectivity index (χ4v) is 4.51. The molecule has 2 aromatic rings. The van der Waals surface area contributed by atoms with E-state index in [4.69, 9.17) is 4.74 Å². The van der Waals surface area contributed by atoms with Crippen molar-refractivity contribution in [3.05, 3.63) is 30.0 Å². The van der Waals surface area contributed by atoms with Gasteiger partial charge in [0.2, 0.25) is 0 Å². The molecule has 0 radical (unpaired) electrons. The number of aliphatic hydroxyl groups excluding tert-OH is 1. The van der Waals surface area contributed by atoms with Gasteiger partial charge in [-0.05, 0) is 31.2 Å². The van der Waals surface area contributed by atoms with Crippen molar-refractivity contribution in [2.24, 2.45) is 5.92 Å². The molecule has 1 aromatic heterocycles. The first kappa shape index (κ1) is 18.4. The number of rotatable bonds is 5. The molecule has 0 unspecified atom stereocenters. The lowest BCUT2D eigenvalue weighted by molar-refractivity contribution is -0.0197. The van der Waals surface area contributed by atoms with Gasteiger partial charge >= 0.3 is 0 Å². The Bertz CT molecular complexity index is 771. The number of morpholine rings is 1. The third-order valence-corrected chi connectivity index (χ3v) is 5.90. The van der Waals surface area contributed by atoms with Crippen molar-refractivity contribution in [2.75, 3.05) is 46.0 Å². The van der Waals surface area contributed by atoms with Crippen LogP contribution in [0, 0.1) is 5.92 Å². The summed E-state index contributed by atoms with van der Waals surface area (Å²) >= 11 is 0. The third-order valence-electron chi connectivity index (χ3n) is 5.90. The van der Waals surface area contributed by atoms with Crippen molar-refractivity contribution in [3.63, 3.8) is 0 Å². The first-order valence-electron chi connectivity index (χ1n) is 9.93. The SMILES string of the molecule is O=C(c1n[nH]c2ccccc12)N1CC[C@H](N2CCOCC2)[C@H](CCCO)C1. The van der Waals surface area contributed by atoms with Crippen LogP contribution in [-0.4, -0.2) is 83.1 Å². The van der Waals surface area contributed by atoms with Gasteiger partial charge in [-0.15, -0.1) is 0 Å². The second kappa shape index (κ2) is 8.37. The maximum Gasteiger partial charge on any atom is 0.275 e. The average Bonchev–Trinajstić information content (AvgIpc) is 3.16. The monoisotopic (exact) mass is 372 g/mol. The molecule has 0 bridgehead atoms. The van der Waals surface area contributed by atoms with Crippen molar-refractivity contribution in [3.8, 4) is 0 Å². The number of carbonyl (C=O) groups is 1. The molecule has 2 fully saturated rings. The van der Waals surface area contributed by atoms with Crippen LogP contribution < -0.4 is 0 Å². The summed E-state index contributed by atoms with van der Waals surface area (Å²) in [5.41, 5.74) is 1.40. The van der Waals surface area contributed by atoms with Gasteiger partial charge < -0.3 is 14.7 Å². The molecule has 1 aromatic carbocycles. The lowest BCUT2D eigenvalue weighted by atomic mass is 9.86. The molecule has 7 nitrogen and oxygen atoms in total. The quantitative estimate of drug-likeness (QED) is 0.831. The van der Waals surface area contributed by atoms with E-state index in [9.17, 15) is 9.90 Å². The number of carbonyl (C=O) groups excluding carboxylic acids is 1. The molecule has 27 heavy (non-hydrogen) atoms. The molecule has 0 spiro atoms. The highest BCUT2D eigenvalue weighted by atomic mass is 16.5. The number of nitrogens with zero attached hydrogens (tertiary/aromatic N) is 3. The second-order valence-electron chi connectivity index (χ2n) is 7.50. The van der Waals surface area contributed by atoms with Gasteiger partial charge in [0.1, 0.15) is 0 Å². The van der Waals surface area contributed by atoms with E-state index in [1.165, 1.54) is 0 Å². The Morgan fingerprint density at radius 1 is 1.26 bits per heavy atom.